The van der Waals surface area contributed by atoms with Gasteiger partial charge in [-0.05, 0) is 13.8 Å². The maximum atomic E-state index is 8.84. The number of rotatable bonds is 1. The van der Waals surface area contributed by atoms with Crippen molar-refractivity contribution in [3.63, 3.8) is 0 Å². The molecule has 1 aliphatic rings. The Labute approximate surface area is 59.6 Å². The minimum Gasteiger partial charge on any atom is -0.383 e. The second-order valence-corrected chi connectivity index (χ2v) is 2.46. The van der Waals surface area contributed by atoms with Crippen LogP contribution < -0.4 is 11.3 Å². The lowest BCUT2D eigenvalue weighted by atomic mass is 10.4. The monoisotopic (exact) mass is 144 g/mol. The van der Waals surface area contributed by atoms with Gasteiger partial charge in [-0.1, -0.05) is 0 Å². The van der Waals surface area contributed by atoms with Crippen LogP contribution in [0.4, 0.5) is 0 Å². The Bertz CT molecular complexity index is 156. The van der Waals surface area contributed by atoms with Gasteiger partial charge < -0.3 is 5.73 Å². The molecule has 5 nitrogen and oxygen atoms in total. The molecule has 0 unspecified atom stereocenters. The van der Waals surface area contributed by atoms with Crippen LogP contribution in [0, 0.1) is 0 Å². The van der Waals surface area contributed by atoms with E-state index in [0.29, 0.717) is 5.82 Å². The van der Waals surface area contributed by atoms with Gasteiger partial charge in [0.05, 0.1) is 6.20 Å². The van der Waals surface area contributed by atoms with E-state index in [1.54, 1.807) is 5.01 Å². The highest BCUT2D eigenvalue weighted by molar-refractivity contribution is 4.97. The molecule has 1 aliphatic heterocycles. The van der Waals surface area contributed by atoms with E-state index in [9.17, 15) is 0 Å². The van der Waals surface area contributed by atoms with Gasteiger partial charge in [-0.2, -0.15) is 5.17 Å². The minimum atomic E-state index is 0.230. The topological polar surface area (TPSA) is 64.8 Å². The first-order chi connectivity index (χ1) is 4.61. The molecule has 0 saturated heterocycles. The van der Waals surface area contributed by atoms with Crippen LogP contribution in [0.2, 0.25) is 0 Å². The molecule has 0 spiro atoms. The van der Waals surface area contributed by atoms with E-state index in [1.165, 1.54) is 6.20 Å². The Hall–Kier alpha value is -0.940. The molecule has 0 aromatic rings. The highest BCUT2D eigenvalue weighted by Gasteiger charge is 2.18. The van der Waals surface area contributed by atoms with Crippen molar-refractivity contribution in [1.82, 2.24) is 15.7 Å². The molecule has 0 fully saturated rings. The van der Waals surface area contributed by atoms with E-state index in [-0.39, 0.29) is 6.04 Å². The second kappa shape index (κ2) is 2.36. The van der Waals surface area contributed by atoms with Gasteiger partial charge in [-0.3, -0.25) is 10.2 Å². The molecule has 5 heteroatoms. The molecule has 0 atom stereocenters. The fraction of sp³-hybridized carbons (Fsp3) is 0.600. The highest BCUT2D eigenvalue weighted by atomic mass is 16.6. The average molecular weight is 144 g/mol. The Morgan fingerprint density at radius 1 is 1.70 bits per heavy atom. The molecular formula is C5H12N4O. The average Bonchev–Trinajstić information content (AvgIpc) is 2.10. The first-order valence-corrected chi connectivity index (χ1v) is 3.12. The summed E-state index contributed by atoms with van der Waals surface area (Å²) in [7, 11) is 0. The molecule has 0 saturated carbocycles. The highest BCUT2D eigenvalue weighted by Crippen LogP contribution is 2.06. The van der Waals surface area contributed by atoms with E-state index in [1.807, 2.05) is 13.8 Å². The lowest BCUT2D eigenvalue weighted by Gasteiger charge is -2.23. The molecule has 0 aromatic heterocycles. The third kappa shape index (κ3) is 1.14. The summed E-state index contributed by atoms with van der Waals surface area (Å²) in [5, 5.41) is 11.3. The first-order valence-electron chi connectivity index (χ1n) is 3.12. The summed E-state index contributed by atoms with van der Waals surface area (Å²) < 4.78 is 0. The maximum Gasteiger partial charge on any atom is 0.136 e. The summed E-state index contributed by atoms with van der Waals surface area (Å²) in [6.45, 7) is 3.93. The van der Waals surface area contributed by atoms with Gasteiger partial charge in [0.2, 0.25) is 0 Å². The summed E-state index contributed by atoms with van der Waals surface area (Å²) in [6, 6.07) is 0.230. The molecule has 10 heavy (non-hydrogen) atoms. The minimum absolute atomic E-state index is 0.230. The molecule has 0 amide bonds. The van der Waals surface area contributed by atoms with Crippen LogP contribution in [0.3, 0.4) is 0 Å². The van der Waals surface area contributed by atoms with Gasteiger partial charge in [0.1, 0.15) is 5.82 Å². The largest absolute Gasteiger partial charge is 0.383 e. The molecule has 0 aliphatic carbocycles. The Morgan fingerprint density at radius 2 is 2.30 bits per heavy atom. The predicted octanol–water partition coefficient (Wildman–Crippen LogP) is -0.421. The van der Waals surface area contributed by atoms with Crippen LogP contribution >= 0.6 is 0 Å². The van der Waals surface area contributed by atoms with Crippen LogP contribution in [0.1, 0.15) is 13.8 Å². The number of nitrogens with two attached hydrogens (primary N) is 1. The lowest BCUT2D eigenvalue weighted by Crippen LogP contribution is -2.44. The van der Waals surface area contributed by atoms with Gasteiger partial charge in [0.15, 0.2) is 0 Å². The fourth-order valence-corrected chi connectivity index (χ4v) is 0.798. The zero-order chi connectivity index (χ0) is 7.72. The molecule has 4 N–H and O–H groups in total. The van der Waals surface area contributed by atoms with Crippen LogP contribution in [0.25, 0.3) is 0 Å². The van der Waals surface area contributed by atoms with Crippen molar-refractivity contribution in [2.75, 3.05) is 0 Å². The smallest absolute Gasteiger partial charge is 0.136 e. The van der Waals surface area contributed by atoms with Crippen molar-refractivity contribution in [1.29, 1.82) is 0 Å². The zero-order valence-electron chi connectivity index (χ0n) is 6.07. The van der Waals surface area contributed by atoms with E-state index in [2.05, 4.69) is 5.53 Å². The van der Waals surface area contributed by atoms with Gasteiger partial charge in [-0.25, -0.2) is 0 Å². The molecular weight excluding hydrogens is 132 g/mol. The summed E-state index contributed by atoms with van der Waals surface area (Å²) in [5.41, 5.74) is 8.10. The summed E-state index contributed by atoms with van der Waals surface area (Å²) >= 11 is 0. The van der Waals surface area contributed by atoms with Gasteiger partial charge >= 0.3 is 0 Å². The molecule has 0 radical (unpaired) electrons. The quantitative estimate of drug-likeness (QED) is 0.466. The van der Waals surface area contributed by atoms with E-state index in [0.717, 1.165) is 5.17 Å². The molecule has 0 aromatic carbocycles. The molecule has 0 bridgehead atoms. The van der Waals surface area contributed by atoms with Gasteiger partial charge in [0.25, 0.3) is 0 Å². The van der Waals surface area contributed by atoms with Crippen molar-refractivity contribution in [3.05, 3.63) is 12.0 Å². The molecule has 1 rings (SSSR count). The number of nitrogens with one attached hydrogen (secondary N) is 1. The van der Waals surface area contributed by atoms with Crippen molar-refractivity contribution in [3.8, 4) is 0 Å². The fourth-order valence-electron chi connectivity index (χ4n) is 0.798. The van der Waals surface area contributed by atoms with E-state index < -0.39 is 0 Å². The SMILES string of the molecule is CC(C)N1NN(O)C=C1N. The Morgan fingerprint density at radius 3 is 2.50 bits per heavy atom. The number of hydroxylamine groups is 1. The van der Waals surface area contributed by atoms with Crippen molar-refractivity contribution >= 4 is 0 Å². The summed E-state index contributed by atoms with van der Waals surface area (Å²) in [5.74, 6) is 0.512. The maximum absolute atomic E-state index is 8.84. The van der Waals surface area contributed by atoms with Crippen LogP contribution in [-0.4, -0.2) is 21.4 Å². The number of hydrogen-bond donors (Lipinski definition) is 3. The first kappa shape index (κ1) is 7.17. The Balaban J connectivity index is 2.59. The third-order valence-electron chi connectivity index (χ3n) is 1.26. The summed E-state index contributed by atoms with van der Waals surface area (Å²) in [4.78, 5) is 0. The second-order valence-electron chi connectivity index (χ2n) is 2.46. The Kier molecular flexibility index (Phi) is 1.69. The third-order valence-corrected chi connectivity index (χ3v) is 1.26. The number of nitrogens with zero attached hydrogens (tertiary/aromatic N) is 2. The van der Waals surface area contributed by atoms with E-state index in [4.69, 9.17) is 10.9 Å². The van der Waals surface area contributed by atoms with E-state index >= 15 is 0 Å². The van der Waals surface area contributed by atoms with Gasteiger partial charge in [0, 0.05) is 6.04 Å². The van der Waals surface area contributed by atoms with Crippen molar-refractivity contribution in [2.45, 2.75) is 19.9 Å². The zero-order valence-corrected chi connectivity index (χ0v) is 6.07. The van der Waals surface area contributed by atoms with Gasteiger partial charge in [-0.15, -0.1) is 5.53 Å². The van der Waals surface area contributed by atoms with Crippen LogP contribution in [0.5, 0.6) is 0 Å². The van der Waals surface area contributed by atoms with Crippen molar-refractivity contribution in [2.24, 2.45) is 5.73 Å². The van der Waals surface area contributed by atoms with Crippen molar-refractivity contribution < 1.29 is 5.21 Å². The normalized spacial score (nSPS) is 18.6. The lowest BCUT2D eigenvalue weighted by molar-refractivity contribution is -0.125. The molecule has 1 heterocycles. The predicted molar refractivity (Wildman–Crippen MR) is 36.0 cm³/mol. The van der Waals surface area contributed by atoms with Crippen LogP contribution in [-0.2, 0) is 0 Å². The van der Waals surface area contributed by atoms with Crippen LogP contribution in [0.15, 0.2) is 12.0 Å². The number of hydrogen-bond acceptors (Lipinski definition) is 5. The standard InChI is InChI=1S/C5H12N4O/c1-4(2)9-5(6)3-8(10)7-9/h3-4,7,10H,6H2,1-2H3. The summed E-state index contributed by atoms with van der Waals surface area (Å²) in [6.07, 6.45) is 1.40. The number of hydrazine groups is 2. The molecule has 58 valence electrons.